The van der Waals surface area contributed by atoms with Gasteiger partial charge in [-0.2, -0.15) is 0 Å². The first kappa shape index (κ1) is 13.6. The molecule has 1 aliphatic carbocycles. The number of nitrogens with two attached hydrogens (primary N) is 1. The molecule has 1 fully saturated rings. The van der Waals surface area contributed by atoms with Gasteiger partial charge in [0, 0.05) is 16.1 Å². The van der Waals surface area contributed by atoms with Crippen LogP contribution in [0.5, 0.6) is 5.75 Å². The second-order valence-electron chi connectivity index (χ2n) is 4.90. The first-order chi connectivity index (χ1) is 9.56. The van der Waals surface area contributed by atoms with E-state index in [9.17, 15) is 4.79 Å². The smallest absolute Gasteiger partial charge is 0.251 e. The Labute approximate surface area is 129 Å². The minimum atomic E-state index is -0.526. The Morgan fingerprint density at radius 2 is 2.25 bits per heavy atom. The Bertz CT molecular complexity index is 701. The molecule has 0 radical (unpaired) electrons. The van der Waals surface area contributed by atoms with Crippen molar-refractivity contribution in [2.45, 2.75) is 12.8 Å². The zero-order valence-corrected chi connectivity index (χ0v) is 12.9. The van der Waals surface area contributed by atoms with E-state index in [0.717, 1.165) is 5.39 Å². The summed E-state index contributed by atoms with van der Waals surface area (Å²) >= 11 is 9.58. The maximum absolute atomic E-state index is 11.3. The van der Waals surface area contributed by atoms with E-state index >= 15 is 0 Å². The maximum Gasteiger partial charge on any atom is 0.251 e. The van der Waals surface area contributed by atoms with Gasteiger partial charge in [-0.15, -0.1) is 0 Å². The fraction of sp³-hybridized carbons (Fsp3) is 0.286. The van der Waals surface area contributed by atoms with Gasteiger partial charge in [-0.3, -0.25) is 9.78 Å². The molecule has 1 aromatic heterocycles. The number of pyridine rings is 1. The molecule has 104 valence electrons. The van der Waals surface area contributed by atoms with Gasteiger partial charge >= 0.3 is 0 Å². The number of halogens is 2. The van der Waals surface area contributed by atoms with E-state index in [-0.39, 0.29) is 0 Å². The highest BCUT2D eigenvalue weighted by Gasteiger charge is 2.22. The molecule has 0 aliphatic heterocycles. The molecular weight excluding hydrogens is 344 g/mol. The molecular formula is C14H12BrClN2O2. The lowest BCUT2D eigenvalue weighted by Crippen LogP contribution is -2.12. The number of amides is 1. The molecule has 0 saturated heterocycles. The number of aromatic nitrogens is 1. The maximum atomic E-state index is 11.3. The molecule has 4 nitrogen and oxygen atoms in total. The van der Waals surface area contributed by atoms with Gasteiger partial charge in [-0.1, -0.05) is 11.6 Å². The molecule has 1 aliphatic rings. The molecule has 3 rings (SSSR count). The lowest BCUT2D eigenvalue weighted by Gasteiger charge is -2.10. The molecule has 0 atom stereocenters. The molecule has 1 aromatic carbocycles. The summed E-state index contributed by atoms with van der Waals surface area (Å²) in [6.07, 6.45) is 3.86. The largest absolute Gasteiger partial charge is 0.492 e. The molecule has 1 saturated carbocycles. The van der Waals surface area contributed by atoms with Crippen LogP contribution in [0, 0.1) is 5.92 Å². The van der Waals surface area contributed by atoms with E-state index in [4.69, 9.17) is 22.1 Å². The van der Waals surface area contributed by atoms with Crippen LogP contribution in [0.2, 0.25) is 5.02 Å². The van der Waals surface area contributed by atoms with Crippen molar-refractivity contribution in [2.75, 3.05) is 6.61 Å². The van der Waals surface area contributed by atoms with E-state index in [0.29, 0.717) is 38.8 Å². The average Bonchev–Trinajstić information content (AvgIpc) is 3.20. The summed E-state index contributed by atoms with van der Waals surface area (Å²) in [5.41, 5.74) is 6.34. The van der Waals surface area contributed by atoms with Crippen LogP contribution >= 0.6 is 27.5 Å². The summed E-state index contributed by atoms with van der Waals surface area (Å²) in [6, 6.07) is 3.53. The lowest BCUT2D eigenvalue weighted by molar-refractivity contribution is 0.0999. The van der Waals surface area contributed by atoms with Crippen molar-refractivity contribution in [2.24, 2.45) is 11.7 Å². The zero-order valence-electron chi connectivity index (χ0n) is 10.5. The first-order valence-electron chi connectivity index (χ1n) is 6.26. The van der Waals surface area contributed by atoms with E-state index in [1.807, 2.05) is 0 Å². The topological polar surface area (TPSA) is 65.2 Å². The molecule has 2 N–H and O–H groups in total. The second-order valence-corrected chi connectivity index (χ2v) is 6.10. The highest BCUT2D eigenvalue weighted by Crippen LogP contribution is 2.36. The monoisotopic (exact) mass is 354 g/mol. The predicted molar refractivity (Wildman–Crippen MR) is 81.2 cm³/mol. The van der Waals surface area contributed by atoms with Gasteiger partial charge < -0.3 is 10.5 Å². The third-order valence-electron chi connectivity index (χ3n) is 3.29. The quantitative estimate of drug-likeness (QED) is 0.912. The van der Waals surface area contributed by atoms with Crippen LogP contribution in [0.25, 0.3) is 10.9 Å². The summed E-state index contributed by atoms with van der Waals surface area (Å²) in [5, 5.41) is 1.28. The van der Waals surface area contributed by atoms with Crippen molar-refractivity contribution in [1.29, 1.82) is 0 Å². The zero-order chi connectivity index (χ0) is 14.3. The number of carbonyl (C=O) groups is 1. The Balaban J connectivity index is 2.05. The van der Waals surface area contributed by atoms with E-state index in [1.54, 1.807) is 12.1 Å². The van der Waals surface area contributed by atoms with Crippen LogP contribution in [0.3, 0.4) is 0 Å². The molecule has 6 heteroatoms. The van der Waals surface area contributed by atoms with E-state index < -0.39 is 5.91 Å². The second kappa shape index (κ2) is 5.22. The standard InChI is InChI=1S/C14H12BrClN2O2/c15-13-8-3-12(20-6-7-1-2-7)10(16)4-11(8)18-5-9(13)14(17)19/h3-5,7H,1-2,6H2,(H2,17,19). The number of primary amides is 1. The van der Waals surface area contributed by atoms with Gasteiger partial charge in [0.05, 0.1) is 22.7 Å². The summed E-state index contributed by atoms with van der Waals surface area (Å²) in [5.74, 6) is 0.720. The van der Waals surface area contributed by atoms with Gasteiger partial charge in [0.2, 0.25) is 0 Å². The normalized spacial score (nSPS) is 14.5. The number of hydrogen-bond donors (Lipinski definition) is 1. The molecule has 1 amide bonds. The molecule has 20 heavy (non-hydrogen) atoms. The molecule has 0 bridgehead atoms. The Morgan fingerprint density at radius 1 is 1.50 bits per heavy atom. The number of carbonyl (C=O) groups excluding carboxylic acids is 1. The molecule has 2 aromatic rings. The van der Waals surface area contributed by atoms with Crippen molar-refractivity contribution < 1.29 is 9.53 Å². The number of hydrogen-bond acceptors (Lipinski definition) is 3. The lowest BCUT2D eigenvalue weighted by atomic mass is 10.1. The highest BCUT2D eigenvalue weighted by molar-refractivity contribution is 9.10. The van der Waals surface area contributed by atoms with Crippen molar-refractivity contribution in [3.63, 3.8) is 0 Å². The summed E-state index contributed by atoms with van der Waals surface area (Å²) in [4.78, 5) is 15.5. The number of rotatable bonds is 4. The average molecular weight is 356 g/mol. The summed E-state index contributed by atoms with van der Waals surface area (Å²) in [7, 11) is 0. The van der Waals surface area contributed by atoms with Crippen molar-refractivity contribution in [3.8, 4) is 5.75 Å². The van der Waals surface area contributed by atoms with Gasteiger partial charge in [-0.05, 0) is 46.8 Å². The highest BCUT2D eigenvalue weighted by atomic mass is 79.9. The predicted octanol–water partition coefficient (Wildman–Crippen LogP) is 3.54. The van der Waals surface area contributed by atoms with Crippen LogP contribution in [0.4, 0.5) is 0 Å². The summed E-state index contributed by atoms with van der Waals surface area (Å²) < 4.78 is 6.34. The number of ether oxygens (including phenoxy) is 1. The van der Waals surface area contributed by atoms with Gasteiger partial charge in [0.15, 0.2) is 0 Å². The fourth-order valence-electron chi connectivity index (χ4n) is 1.94. The van der Waals surface area contributed by atoms with Crippen LogP contribution in [0.1, 0.15) is 23.2 Å². The Morgan fingerprint density at radius 3 is 2.90 bits per heavy atom. The van der Waals surface area contributed by atoms with Gasteiger partial charge in [-0.25, -0.2) is 0 Å². The third kappa shape index (κ3) is 2.60. The third-order valence-corrected chi connectivity index (χ3v) is 4.44. The first-order valence-corrected chi connectivity index (χ1v) is 7.43. The molecule has 0 spiro atoms. The van der Waals surface area contributed by atoms with Crippen molar-refractivity contribution >= 4 is 44.3 Å². The van der Waals surface area contributed by atoms with Gasteiger partial charge in [0.1, 0.15) is 5.75 Å². The molecule has 1 heterocycles. The van der Waals surface area contributed by atoms with Crippen molar-refractivity contribution in [3.05, 3.63) is 33.4 Å². The fourth-order valence-corrected chi connectivity index (χ4v) is 2.76. The minimum Gasteiger partial charge on any atom is -0.492 e. The van der Waals surface area contributed by atoms with Crippen molar-refractivity contribution in [1.82, 2.24) is 4.98 Å². The Kier molecular flexibility index (Phi) is 3.56. The SMILES string of the molecule is NC(=O)c1cnc2cc(Cl)c(OCC3CC3)cc2c1Br. The number of nitrogens with zero attached hydrogens (tertiary/aromatic N) is 1. The summed E-state index contributed by atoms with van der Waals surface area (Å²) in [6.45, 7) is 0.672. The minimum absolute atomic E-state index is 0.341. The van der Waals surface area contributed by atoms with Crippen LogP contribution in [-0.2, 0) is 0 Å². The van der Waals surface area contributed by atoms with Crippen LogP contribution < -0.4 is 10.5 Å². The van der Waals surface area contributed by atoms with Crippen LogP contribution in [0.15, 0.2) is 22.8 Å². The number of benzene rings is 1. The van der Waals surface area contributed by atoms with E-state index in [2.05, 4.69) is 20.9 Å². The number of fused-ring (bicyclic) bond motifs is 1. The molecule has 0 unspecified atom stereocenters. The van der Waals surface area contributed by atoms with Crippen LogP contribution in [-0.4, -0.2) is 17.5 Å². The Hall–Kier alpha value is -1.33. The van der Waals surface area contributed by atoms with Gasteiger partial charge in [0.25, 0.3) is 5.91 Å². The van der Waals surface area contributed by atoms with E-state index in [1.165, 1.54) is 19.0 Å².